The van der Waals surface area contributed by atoms with Crippen molar-refractivity contribution >= 4 is 5.82 Å². The lowest BCUT2D eigenvalue weighted by Gasteiger charge is -2.25. The van der Waals surface area contributed by atoms with Gasteiger partial charge in [0.15, 0.2) is 11.6 Å². The summed E-state index contributed by atoms with van der Waals surface area (Å²) in [7, 11) is 0. The SMILES string of the molecule is N#C[C@]1(n2cc(F)c(N)nc2=O)CC[C@@](F)(CO)O1. The monoisotopic (exact) mass is 272 g/mol. The number of nitriles is 1. The van der Waals surface area contributed by atoms with Crippen LogP contribution in [0.5, 0.6) is 0 Å². The van der Waals surface area contributed by atoms with E-state index in [1.54, 1.807) is 6.07 Å². The fourth-order valence-electron chi connectivity index (χ4n) is 1.88. The number of alkyl halides is 1. The minimum absolute atomic E-state index is 0.231. The molecule has 0 bridgehead atoms. The van der Waals surface area contributed by atoms with Gasteiger partial charge in [0.2, 0.25) is 11.6 Å². The number of aliphatic hydroxyl groups is 1. The van der Waals surface area contributed by atoms with Gasteiger partial charge >= 0.3 is 5.69 Å². The zero-order valence-corrected chi connectivity index (χ0v) is 9.64. The number of halogens is 2. The molecule has 0 aliphatic carbocycles. The lowest BCUT2D eigenvalue weighted by molar-refractivity contribution is -0.203. The fourth-order valence-corrected chi connectivity index (χ4v) is 1.88. The van der Waals surface area contributed by atoms with Gasteiger partial charge in [0.05, 0.1) is 6.20 Å². The average Bonchev–Trinajstić information content (AvgIpc) is 2.74. The Hall–Kier alpha value is -2.05. The highest BCUT2D eigenvalue weighted by atomic mass is 19.2. The van der Waals surface area contributed by atoms with Gasteiger partial charge in [0.25, 0.3) is 0 Å². The van der Waals surface area contributed by atoms with Gasteiger partial charge in [-0.1, -0.05) is 0 Å². The van der Waals surface area contributed by atoms with Crippen LogP contribution in [0.1, 0.15) is 12.8 Å². The fraction of sp³-hybridized carbons (Fsp3) is 0.500. The predicted octanol–water partition coefficient (Wildman–Crippen LogP) is -0.391. The first kappa shape index (κ1) is 13.4. The normalized spacial score (nSPS) is 30.2. The summed E-state index contributed by atoms with van der Waals surface area (Å²) in [5.41, 5.74) is 2.03. The van der Waals surface area contributed by atoms with Gasteiger partial charge in [0, 0.05) is 12.8 Å². The molecule has 0 radical (unpaired) electrons. The minimum atomic E-state index is -2.45. The number of nitrogens with two attached hydrogens (primary N) is 1. The number of hydrogen-bond donors (Lipinski definition) is 2. The maximum Gasteiger partial charge on any atom is 0.352 e. The van der Waals surface area contributed by atoms with Crippen molar-refractivity contribution in [3.05, 3.63) is 22.5 Å². The standard InChI is InChI=1S/C10H10F2N4O3/c11-6-3-16(8(18)15-7(6)14)10(4-13)2-1-9(12,5-17)19-10/h3,17H,1-2,5H2,(H2,14,15,18)/t9-,10-/m0/s1. The van der Waals surface area contributed by atoms with Crippen LogP contribution in [0.3, 0.4) is 0 Å². The Morgan fingerprint density at radius 3 is 2.89 bits per heavy atom. The van der Waals surface area contributed by atoms with Crippen molar-refractivity contribution in [3.63, 3.8) is 0 Å². The van der Waals surface area contributed by atoms with Crippen LogP contribution >= 0.6 is 0 Å². The number of nitrogens with zero attached hydrogens (tertiary/aromatic N) is 3. The van der Waals surface area contributed by atoms with Crippen molar-refractivity contribution < 1.29 is 18.6 Å². The molecule has 0 amide bonds. The molecule has 0 aromatic carbocycles. The molecule has 2 atom stereocenters. The number of ether oxygens (including phenoxy) is 1. The van der Waals surface area contributed by atoms with Crippen molar-refractivity contribution in [1.29, 1.82) is 5.26 Å². The summed E-state index contributed by atoms with van der Waals surface area (Å²) in [4.78, 5) is 14.8. The topological polar surface area (TPSA) is 114 Å². The molecule has 0 unspecified atom stereocenters. The summed E-state index contributed by atoms with van der Waals surface area (Å²) in [6.45, 7) is -0.976. The lowest BCUT2D eigenvalue weighted by Crippen LogP contribution is -2.43. The first-order chi connectivity index (χ1) is 8.86. The summed E-state index contributed by atoms with van der Waals surface area (Å²) in [5, 5.41) is 18.0. The first-order valence-corrected chi connectivity index (χ1v) is 5.32. The van der Waals surface area contributed by atoms with E-state index < -0.39 is 35.5 Å². The number of aromatic nitrogens is 2. The maximum atomic E-state index is 13.8. The Morgan fingerprint density at radius 2 is 2.37 bits per heavy atom. The predicted molar refractivity (Wildman–Crippen MR) is 57.7 cm³/mol. The van der Waals surface area contributed by atoms with Gasteiger partial charge in [-0.05, 0) is 0 Å². The summed E-state index contributed by atoms with van der Waals surface area (Å²) in [6, 6.07) is 1.61. The highest BCUT2D eigenvalue weighted by Crippen LogP contribution is 2.41. The van der Waals surface area contributed by atoms with Crippen molar-refractivity contribution in [2.75, 3.05) is 12.3 Å². The minimum Gasteiger partial charge on any atom is -0.390 e. The Morgan fingerprint density at radius 1 is 1.68 bits per heavy atom. The molecule has 1 aromatic heterocycles. The first-order valence-electron chi connectivity index (χ1n) is 5.32. The maximum absolute atomic E-state index is 13.8. The van der Waals surface area contributed by atoms with Crippen molar-refractivity contribution in [3.8, 4) is 6.07 Å². The second-order valence-electron chi connectivity index (χ2n) is 4.17. The van der Waals surface area contributed by atoms with E-state index in [0.29, 0.717) is 10.8 Å². The number of nitrogen functional groups attached to an aromatic ring is 1. The number of rotatable bonds is 2. The van der Waals surface area contributed by atoms with E-state index in [1.165, 1.54) is 0 Å². The summed E-state index contributed by atoms with van der Waals surface area (Å²) in [6.07, 6.45) is 0.0952. The molecule has 2 heterocycles. The highest BCUT2D eigenvalue weighted by molar-refractivity contribution is 5.27. The molecule has 0 saturated carbocycles. The molecule has 7 nitrogen and oxygen atoms in total. The third-order valence-corrected chi connectivity index (χ3v) is 2.90. The molecular weight excluding hydrogens is 262 g/mol. The van der Waals surface area contributed by atoms with E-state index in [-0.39, 0.29) is 12.8 Å². The summed E-state index contributed by atoms with van der Waals surface area (Å²) >= 11 is 0. The molecule has 1 fully saturated rings. The zero-order valence-electron chi connectivity index (χ0n) is 9.64. The van der Waals surface area contributed by atoms with E-state index in [1.807, 2.05) is 0 Å². The Balaban J connectivity index is 2.54. The number of anilines is 1. The molecule has 102 valence electrons. The average molecular weight is 272 g/mol. The van der Waals surface area contributed by atoms with E-state index in [0.717, 1.165) is 0 Å². The Labute approximate surface area is 105 Å². The van der Waals surface area contributed by atoms with Crippen molar-refractivity contribution in [2.24, 2.45) is 0 Å². The number of hydrogen-bond acceptors (Lipinski definition) is 6. The van der Waals surface area contributed by atoms with Crippen LogP contribution in [0.25, 0.3) is 0 Å². The molecule has 2 rings (SSSR count). The molecule has 1 aromatic rings. The molecule has 9 heteroatoms. The molecule has 3 N–H and O–H groups in total. The molecule has 19 heavy (non-hydrogen) atoms. The van der Waals surface area contributed by atoms with Crippen LogP contribution in [0, 0.1) is 17.1 Å². The second kappa shape index (κ2) is 4.25. The van der Waals surface area contributed by atoms with Gasteiger partial charge in [0.1, 0.15) is 12.7 Å². The summed E-state index contributed by atoms with van der Waals surface area (Å²) < 4.78 is 32.6. The quantitative estimate of drug-likeness (QED) is 0.757. The van der Waals surface area contributed by atoms with Gasteiger partial charge in [-0.2, -0.15) is 10.2 Å². The molecule has 1 aliphatic rings. The third-order valence-electron chi connectivity index (χ3n) is 2.90. The molecule has 1 saturated heterocycles. The van der Waals surface area contributed by atoms with Crippen LogP contribution in [-0.2, 0) is 10.5 Å². The molecule has 0 spiro atoms. The third kappa shape index (κ3) is 2.05. The lowest BCUT2D eigenvalue weighted by atomic mass is 10.1. The zero-order chi connectivity index (χ0) is 14.3. The molecular formula is C10H10F2N4O3. The largest absolute Gasteiger partial charge is 0.390 e. The van der Waals surface area contributed by atoms with E-state index in [9.17, 15) is 13.6 Å². The van der Waals surface area contributed by atoms with Crippen LogP contribution in [0.15, 0.2) is 11.0 Å². The number of aliphatic hydroxyl groups excluding tert-OH is 1. The van der Waals surface area contributed by atoms with Crippen molar-refractivity contribution in [1.82, 2.24) is 9.55 Å². The van der Waals surface area contributed by atoms with Gasteiger partial charge in [-0.15, -0.1) is 0 Å². The van der Waals surface area contributed by atoms with E-state index >= 15 is 0 Å². The van der Waals surface area contributed by atoms with Crippen LogP contribution in [-0.4, -0.2) is 27.1 Å². The van der Waals surface area contributed by atoms with Gasteiger partial charge < -0.3 is 15.6 Å². The Bertz CT molecular complexity index is 614. The van der Waals surface area contributed by atoms with Crippen LogP contribution in [0.4, 0.5) is 14.6 Å². The highest BCUT2D eigenvalue weighted by Gasteiger charge is 2.52. The van der Waals surface area contributed by atoms with Gasteiger partial charge in [-0.25, -0.2) is 13.6 Å². The van der Waals surface area contributed by atoms with Crippen molar-refractivity contribution in [2.45, 2.75) is 24.4 Å². The van der Waals surface area contributed by atoms with Crippen LogP contribution < -0.4 is 11.4 Å². The smallest absolute Gasteiger partial charge is 0.352 e. The van der Waals surface area contributed by atoms with E-state index in [2.05, 4.69) is 4.98 Å². The Kier molecular flexibility index (Phi) is 3.00. The van der Waals surface area contributed by atoms with E-state index in [4.69, 9.17) is 20.8 Å². The van der Waals surface area contributed by atoms with Gasteiger partial charge in [-0.3, -0.25) is 4.57 Å². The van der Waals surface area contributed by atoms with Crippen LogP contribution in [0.2, 0.25) is 0 Å². The molecule has 1 aliphatic heterocycles. The second-order valence-corrected chi connectivity index (χ2v) is 4.17. The summed E-state index contributed by atoms with van der Waals surface area (Å²) in [5.74, 6) is -4.10.